The van der Waals surface area contributed by atoms with E-state index in [1.54, 1.807) is 6.07 Å². The highest BCUT2D eigenvalue weighted by Crippen LogP contribution is 2.33. The lowest BCUT2D eigenvalue weighted by molar-refractivity contribution is 0.207. The molecule has 3 heteroatoms. The predicted octanol–water partition coefficient (Wildman–Crippen LogP) is 3.47. The lowest BCUT2D eigenvalue weighted by Crippen LogP contribution is -2.04. The van der Waals surface area contributed by atoms with Crippen LogP contribution in [-0.4, -0.2) is 5.11 Å². The zero-order chi connectivity index (χ0) is 9.97. The quantitative estimate of drug-likeness (QED) is 0.762. The van der Waals surface area contributed by atoms with Gasteiger partial charge in [0.2, 0.25) is 0 Å². The van der Waals surface area contributed by atoms with E-state index in [-0.39, 0.29) is 0 Å². The number of halogens is 1. The summed E-state index contributed by atoms with van der Waals surface area (Å²) in [6.07, 6.45) is 7.42. The van der Waals surface area contributed by atoms with Crippen molar-refractivity contribution in [3.8, 4) is 0 Å². The Morgan fingerprint density at radius 3 is 2.86 bits per heavy atom. The van der Waals surface area contributed by atoms with E-state index >= 15 is 0 Å². The number of hydrogen-bond acceptors (Lipinski definition) is 2. The molecule has 1 atom stereocenters. The molecule has 1 aliphatic rings. The number of aliphatic hydroxyl groups is 1. The second-order valence-electron chi connectivity index (χ2n) is 3.58. The third-order valence-electron chi connectivity index (χ3n) is 2.62. The van der Waals surface area contributed by atoms with E-state index in [9.17, 15) is 5.11 Å². The minimum atomic E-state index is -0.582. The summed E-state index contributed by atoms with van der Waals surface area (Å²) in [5, 5.41) is 10.3. The highest BCUT2D eigenvalue weighted by atomic mass is 35.5. The number of furan rings is 1. The van der Waals surface area contributed by atoms with Gasteiger partial charge in [0.25, 0.3) is 0 Å². The summed E-state index contributed by atoms with van der Waals surface area (Å²) in [7, 11) is 0. The summed E-state index contributed by atoms with van der Waals surface area (Å²) >= 11 is 5.80. The van der Waals surface area contributed by atoms with E-state index < -0.39 is 6.10 Å². The van der Waals surface area contributed by atoms with Crippen molar-refractivity contribution < 1.29 is 9.52 Å². The molecule has 0 radical (unpaired) electrons. The lowest BCUT2D eigenvalue weighted by Gasteiger charge is -2.17. The molecule has 0 saturated heterocycles. The molecule has 0 aliphatic heterocycles. The fraction of sp³-hybridized carbons (Fsp3) is 0.455. The predicted molar refractivity (Wildman–Crippen MR) is 55.2 cm³/mol. The SMILES string of the molecule is OC(C1=CCCCC1)c1ccoc1Cl. The van der Waals surface area contributed by atoms with Crippen LogP contribution in [0.4, 0.5) is 0 Å². The number of aliphatic hydroxyl groups excluding tert-OH is 1. The Balaban J connectivity index is 2.19. The van der Waals surface area contributed by atoms with Crippen molar-refractivity contribution in [2.45, 2.75) is 31.8 Å². The molecule has 1 aromatic rings. The highest BCUT2D eigenvalue weighted by Gasteiger charge is 2.19. The van der Waals surface area contributed by atoms with Gasteiger partial charge >= 0.3 is 0 Å². The molecule has 0 bridgehead atoms. The molecule has 1 heterocycles. The van der Waals surface area contributed by atoms with Crippen LogP contribution < -0.4 is 0 Å². The van der Waals surface area contributed by atoms with Gasteiger partial charge in [-0.2, -0.15) is 0 Å². The van der Waals surface area contributed by atoms with Crippen molar-refractivity contribution in [2.75, 3.05) is 0 Å². The first-order valence-electron chi connectivity index (χ1n) is 4.89. The van der Waals surface area contributed by atoms with Crippen LogP contribution in [0.15, 0.2) is 28.4 Å². The number of rotatable bonds is 2. The van der Waals surface area contributed by atoms with Gasteiger partial charge in [-0.05, 0) is 48.9 Å². The molecular formula is C11H13ClO2. The van der Waals surface area contributed by atoms with Crippen LogP contribution in [0, 0.1) is 0 Å². The van der Waals surface area contributed by atoms with Crippen molar-refractivity contribution in [1.29, 1.82) is 0 Å². The molecule has 0 fully saturated rings. The van der Waals surface area contributed by atoms with Crippen LogP contribution in [0.3, 0.4) is 0 Å². The molecule has 0 saturated carbocycles. The Hall–Kier alpha value is -0.730. The molecule has 1 N–H and O–H groups in total. The molecule has 1 aliphatic carbocycles. The first-order chi connectivity index (χ1) is 6.79. The van der Waals surface area contributed by atoms with Gasteiger partial charge in [-0.25, -0.2) is 0 Å². The second kappa shape index (κ2) is 4.20. The van der Waals surface area contributed by atoms with Gasteiger partial charge in [0.15, 0.2) is 5.22 Å². The zero-order valence-corrected chi connectivity index (χ0v) is 8.63. The van der Waals surface area contributed by atoms with Crippen molar-refractivity contribution in [2.24, 2.45) is 0 Å². The van der Waals surface area contributed by atoms with Crippen LogP contribution in [0.2, 0.25) is 5.22 Å². The first-order valence-corrected chi connectivity index (χ1v) is 5.26. The summed E-state index contributed by atoms with van der Waals surface area (Å²) in [6, 6.07) is 1.72. The van der Waals surface area contributed by atoms with E-state index in [4.69, 9.17) is 16.0 Å². The largest absolute Gasteiger partial charge is 0.453 e. The maximum atomic E-state index is 10.0. The fourth-order valence-electron chi connectivity index (χ4n) is 1.81. The summed E-state index contributed by atoms with van der Waals surface area (Å²) in [5.74, 6) is 0. The molecule has 2 rings (SSSR count). The van der Waals surface area contributed by atoms with Crippen molar-refractivity contribution >= 4 is 11.6 Å². The number of allylic oxidation sites excluding steroid dienone is 1. The highest BCUT2D eigenvalue weighted by molar-refractivity contribution is 6.29. The third kappa shape index (κ3) is 1.86. The maximum absolute atomic E-state index is 10.0. The Morgan fingerprint density at radius 2 is 2.29 bits per heavy atom. The zero-order valence-electron chi connectivity index (χ0n) is 7.87. The van der Waals surface area contributed by atoms with Crippen LogP contribution >= 0.6 is 11.6 Å². The Kier molecular flexibility index (Phi) is 2.94. The van der Waals surface area contributed by atoms with E-state index in [2.05, 4.69) is 6.08 Å². The van der Waals surface area contributed by atoms with Gasteiger partial charge in [0.05, 0.1) is 6.26 Å². The minimum Gasteiger partial charge on any atom is -0.453 e. The lowest BCUT2D eigenvalue weighted by atomic mass is 9.93. The van der Waals surface area contributed by atoms with Crippen LogP contribution in [0.5, 0.6) is 0 Å². The molecular weight excluding hydrogens is 200 g/mol. The molecule has 76 valence electrons. The average molecular weight is 213 g/mol. The van der Waals surface area contributed by atoms with Gasteiger partial charge in [0.1, 0.15) is 6.10 Å². The molecule has 0 aromatic carbocycles. The maximum Gasteiger partial charge on any atom is 0.199 e. The normalized spacial score (nSPS) is 19.1. The molecule has 1 aromatic heterocycles. The van der Waals surface area contributed by atoms with E-state index in [1.165, 1.54) is 12.7 Å². The standard InChI is InChI=1S/C11H13ClO2/c12-11-9(6-7-14-11)10(13)8-4-2-1-3-5-8/h4,6-7,10,13H,1-3,5H2. The van der Waals surface area contributed by atoms with Crippen LogP contribution in [-0.2, 0) is 0 Å². The van der Waals surface area contributed by atoms with Crippen molar-refractivity contribution in [3.05, 3.63) is 34.8 Å². The van der Waals surface area contributed by atoms with Crippen LogP contribution in [0.25, 0.3) is 0 Å². The Labute approximate surface area is 88.2 Å². The summed E-state index contributed by atoms with van der Waals surface area (Å²) < 4.78 is 4.95. The molecule has 0 spiro atoms. The molecule has 1 unspecified atom stereocenters. The van der Waals surface area contributed by atoms with Crippen molar-refractivity contribution in [3.63, 3.8) is 0 Å². The van der Waals surface area contributed by atoms with Gasteiger partial charge in [-0.3, -0.25) is 0 Å². The van der Waals surface area contributed by atoms with Gasteiger partial charge in [0, 0.05) is 5.56 Å². The van der Waals surface area contributed by atoms with E-state index in [0.29, 0.717) is 10.8 Å². The van der Waals surface area contributed by atoms with Crippen LogP contribution in [0.1, 0.15) is 37.4 Å². The second-order valence-corrected chi connectivity index (χ2v) is 3.92. The van der Waals surface area contributed by atoms with Crippen molar-refractivity contribution in [1.82, 2.24) is 0 Å². The van der Waals surface area contributed by atoms with Gasteiger partial charge in [-0.1, -0.05) is 6.08 Å². The monoisotopic (exact) mass is 212 g/mol. The summed E-state index contributed by atoms with van der Waals surface area (Å²) in [6.45, 7) is 0. The summed E-state index contributed by atoms with van der Waals surface area (Å²) in [5.41, 5.74) is 1.75. The topological polar surface area (TPSA) is 33.4 Å². The minimum absolute atomic E-state index is 0.295. The summed E-state index contributed by atoms with van der Waals surface area (Å²) in [4.78, 5) is 0. The average Bonchev–Trinajstić information content (AvgIpc) is 2.65. The molecule has 0 amide bonds. The van der Waals surface area contributed by atoms with Gasteiger partial charge < -0.3 is 9.52 Å². The van der Waals surface area contributed by atoms with Gasteiger partial charge in [-0.15, -0.1) is 0 Å². The molecule has 14 heavy (non-hydrogen) atoms. The Morgan fingerprint density at radius 1 is 1.43 bits per heavy atom. The Bertz CT molecular complexity index is 341. The van der Waals surface area contributed by atoms with E-state index in [0.717, 1.165) is 24.8 Å². The third-order valence-corrected chi connectivity index (χ3v) is 2.93. The first kappa shape index (κ1) is 9.81. The van der Waals surface area contributed by atoms with E-state index in [1.807, 2.05) is 0 Å². The number of hydrogen-bond donors (Lipinski definition) is 1. The molecule has 2 nitrogen and oxygen atoms in total. The fourth-order valence-corrected chi connectivity index (χ4v) is 2.03. The smallest absolute Gasteiger partial charge is 0.199 e.